The van der Waals surface area contributed by atoms with E-state index in [1.807, 2.05) is 41.5 Å². The molecule has 2 rings (SSSR count). The maximum Gasteiger partial charge on any atom is 0.0432 e. The van der Waals surface area contributed by atoms with Gasteiger partial charge in [0, 0.05) is 24.2 Å². The maximum absolute atomic E-state index is 3.81. The van der Waals surface area contributed by atoms with Crippen LogP contribution in [0.3, 0.4) is 0 Å². The summed E-state index contributed by atoms with van der Waals surface area (Å²) in [6.45, 7) is 23.3. The Balaban J connectivity index is 0. The van der Waals surface area contributed by atoms with E-state index in [9.17, 15) is 0 Å². The van der Waals surface area contributed by atoms with Gasteiger partial charge in [-0.2, -0.15) is 0 Å². The molecule has 1 aliphatic carbocycles. The van der Waals surface area contributed by atoms with Crippen LogP contribution in [0.2, 0.25) is 0 Å². The lowest BCUT2D eigenvalue weighted by Crippen LogP contribution is -2.52. The third-order valence-corrected chi connectivity index (χ3v) is 5.49. The van der Waals surface area contributed by atoms with Gasteiger partial charge in [0.25, 0.3) is 0 Å². The molecule has 29 heavy (non-hydrogen) atoms. The lowest BCUT2D eigenvalue weighted by Gasteiger charge is -2.34. The second kappa shape index (κ2) is 22.3. The first kappa shape index (κ1) is 30.8. The van der Waals surface area contributed by atoms with Crippen LogP contribution in [0.15, 0.2) is 11.6 Å². The Kier molecular flexibility index (Phi) is 23.6. The minimum Gasteiger partial charge on any atom is -0.312 e. The fourth-order valence-electron chi connectivity index (χ4n) is 4.06. The highest BCUT2D eigenvalue weighted by atomic mass is 15.1. The van der Waals surface area contributed by atoms with Gasteiger partial charge in [0.2, 0.25) is 0 Å². The largest absolute Gasteiger partial charge is 0.312 e. The Bertz CT molecular complexity index is 357. The summed E-state index contributed by atoms with van der Waals surface area (Å²) < 4.78 is 0. The predicted molar refractivity (Wildman–Crippen MR) is 134 cm³/mol. The van der Waals surface area contributed by atoms with Crippen LogP contribution in [0.5, 0.6) is 0 Å². The van der Waals surface area contributed by atoms with E-state index in [2.05, 4.69) is 48.1 Å². The van der Waals surface area contributed by atoms with E-state index in [1.54, 1.807) is 0 Å². The van der Waals surface area contributed by atoms with Crippen molar-refractivity contribution in [2.45, 2.75) is 125 Å². The van der Waals surface area contributed by atoms with Gasteiger partial charge < -0.3 is 21.3 Å². The topological polar surface area (TPSA) is 48.1 Å². The van der Waals surface area contributed by atoms with Crippen LogP contribution in [0.25, 0.3) is 0 Å². The van der Waals surface area contributed by atoms with Crippen molar-refractivity contribution < 1.29 is 0 Å². The fourth-order valence-corrected chi connectivity index (χ4v) is 4.06. The lowest BCUT2D eigenvalue weighted by molar-refractivity contribution is 0.326. The van der Waals surface area contributed by atoms with Crippen LogP contribution in [0.4, 0.5) is 0 Å². The van der Waals surface area contributed by atoms with Crippen LogP contribution in [-0.2, 0) is 0 Å². The minimum atomic E-state index is 0.519. The van der Waals surface area contributed by atoms with Crippen molar-refractivity contribution in [3.8, 4) is 0 Å². The van der Waals surface area contributed by atoms with Crippen molar-refractivity contribution in [2.24, 2.45) is 0 Å². The average Bonchev–Trinajstić information content (AvgIpc) is 2.79. The number of hydrogen-bond acceptors (Lipinski definition) is 4. The second-order valence-electron chi connectivity index (χ2n) is 7.16. The second-order valence-corrected chi connectivity index (χ2v) is 7.16. The molecule has 176 valence electrons. The Labute approximate surface area is 184 Å². The zero-order chi connectivity index (χ0) is 22.5. The molecule has 4 N–H and O–H groups in total. The van der Waals surface area contributed by atoms with Crippen LogP contribution in [-0.4, -0.2) is 50.3 Å². The first-order valence-corrected chi connectivity index (χ1v) is 12.9. The molecule has 0 amide bonds. The summed E-state index contributed by atoms with van der Waals surface area (Å²) in [4.78, 5) is 0. The standard InChI is InChI=1S/C19H38N4.3C2H6/c1-4-16-17(5-2)21-12-8-14-23-19-15(3)9-6-10-18(19)22-13-7-11-20-16;3*1-2/h9,16-23H,4-8,10-14H2,1-3H3;3*1-2H3. The minimum absolute atomic E-state index is 0.519. The van der Waals surface area contributed by atoms with Crippen LogP contribution in [0.1, 0.15) is 101 Å². The summed E-state index contributed by atoms with van der Waals surface area (Å²) in [7, 11) is 0. The van der Waals surface area contributed by atoms with E-state index in [0.29, 0.717) is 24.2 Å². The van der Waals surface area contributed by atoms with Crippen LogP contribution >= 0.6 is 0 Å². The van der Waals surface area contributed by atoms with E-state index in [-0.39, 0.29) is 0 Å². The molecule has 0 spiro atoms. The Morgan fingerprint density at radius 2 is 1.17 bits per heavy atom. The molecule has 4 unspecified atom stereocenters. The number of rotatable bonds is 2. The molecular formula is C25H56N4. The molecule has 0 saturated carbocycles. The zero-order valence-electron chi connectivity index (χ0n) is 21.5. The first-order chi connectivity index (χ1) is 14.3. The van der Waals surface area contributed by atoms with E-state index in [1.165, 1.54) is 44.1 Å². The molecule has 4 atom stereocenters. The summed E-state index contributed by atoms with van der Waals surface area (Å²) in [5.41, 5.74) is 1.52. The molecule has 1 saturated heterocycles. The van der Waals surface area contributed by atoms with Crippen LogP contribution < -0.4 is 21.3 Å². The number of fused-ring (bicyclic) bond motifs is 1. The van der Waals surface area contributed by atoms with Crippen molar-refractivity contribution in [3.05, 3.63) is 11.6 Å². The fraction of sp³-hybridized carbons (Fsp3) is 0.920. The third kappa shape index (κ3) is 12.8. The molecule has 0 aromatic rings. The van der Waals surface area contributed by atoms with Crippen molar-refractivity contribution in [1.82, 2.24) is 21.3 Å². The molecule has 4 nitrogen and oxygen atoms in total. The molecule has 1 heterocycles. The van der Waals surface area contributed by atoms with E-state index in [0.717, 1.165) is 26.2 Å². The molecule has 1 fully saturated rings. The van der Waals surface area contributed by atoms with Gasteiger partial charge in [-0.1, -0.05) is 67.0 Å². The van der Waals surface area contributed by atoms with Gasteiger partial charge in [-0.25, -0.2) is 0 Å². The zero-order valence-corrected chi connectivity index (χ0v) is 21.5. The summed E-state index contributed by atoms with van der Waals surface area (Å²) in [6, 6.07) is 2.31. The summed E-state index contributed by atoms with van der Waals surface area (Å²) in [5, 5.41) is 15.2. The summed E-state index contributed by atoms with van der Waals surface area (Å²) in [5.74, 6) is 0. The van der Waals surface area contributed by atoms with Gasteiger partial charge in [-0.3, -0.25) is 0 Å². The lowest BCUT2D eigenvalue weighted by atomic mass is 9.90. The molecule has 4 heteroatoms. The van der Waals surface area contributed by atoms with Crippen molar-refractivity contribution >= 4 is 0 Å². The SMILES string of the molecule is CC.CC.CC.CCC1NCCCNC2CCC=C(C)C2NCCCNC1CC. The van der Waals surface area contributed by atoms with Gasteiger partial charge in [0.1, 0.15) is 0 Å². The van der Waals surface area contributed by atoms with E-state index >= 15 is 0 Å². The molecule has 0 aromatic carbocycles. The highest BCUT2D eigenvalue weighted by molar-refractivity contribution is 5.15. The molecule has 1 aliphatic heterocycles. The molecular weight excluding hydrogens is 356 g/mol. The molecule has 0 radical (unpaired) electrons. The normalized spacial score (nSPS) is 28.4. The summed E-state index contributed by atoms with van der Waals surface area (Å²) in [6.07, 6.45) is 9.70. The first-order valence-electron chi connectivity index (χ1n) is 12.9. The average molecular weight is 413 g/mol. The summed E-state index contributed by atoms with van der Waals surface area (Å²) >= 11 is 0. The van der Waals surface area contributed by atoms with Crippen LogP contribution in [0, 0.1) is 0 Å². The van der Waals surface area contributed by atoms with Gasteiger partial charge in [0.15, 0.2) is 0 Å². The Morgan fingerprint density at radius 1 is 0.724 bits per heavy atom. The number of nitrogens with one attached hydrogen (secondary N) is 4. The van der Waals surface area contributed by atoms with Gasteiger partial charge in [0.05, 0.1) is 0 Å². The van der Waals surface area contributed by atoms with Crippen molar-refractivity contribution in [3.63, 3.8) is 0 Å². The van der Waals surface area contributed by atoms with Crippen molar-refractivity contribution in [1.29, 1.82) is 0 Å². The number of hydrogen-bond donors (Lipinski definition) is 4. The van der Waals surface area contributed by atoms with Gasteiger partial charge in [-0.15, -0.1) is 0 Å². The number of allylic oxidation sites excluding steroid dienone is 1. The molecule has 0 bridgehead atoms. The van der Waals surface area contributed by atoms with Crippen molar-refractivity contribution in [2.75, 3.05) is 26.2 Å². The monoisotopic (exact) mass is 412 g/mol. The molecule has 0 aromatic heterocycles. The Morgan fingerprint density at radius 3 is 1.66 bits per heavy atom. The predicted octanol–water partition coefficient (Wildman–Crippen LogP) is 5.25. The van der Waals surface area contributed by atoms with Gasteiger partial charge in [-0.05, 0) is 71.6 Å². The highest BCUT2D eigenvalue weighted by Crippen LogP contribution is 2.19. The smallest absolute Gasteiger partial charge is 0.0432 e. The maximum atomic E-state index is 3.81. The van der Waals surface area contributed by atoms with Gasteiger partial charge >= 0.3 is 0 Å². The third-order valence-electron chi connectivity index (χ3n) is 5.49. The van der Waals surface area contributed by atoms with E-state index < -0.39 is 0 Å². The molecule has 2 aliphatic rings. The Hall–Kier alpha value is -0.420. The quantitative estimate of drug-likeness (QED) is 0.468. The van der Waals surface area contributed by atoms with E-state index in [4.69, 9.17) is 0 Å². The highest BCUT2D eigenvalue weighted by Gasteiger charge is 2.25.